The normalized spacial score (nSPS) is 12.7. The van der Waals surface area contributed by atoms with Gasteiger partial charge in [-0.1, -0.05) is 286 Å². The number of nitrogens with zero attached hydrogens (tertiary/aromatic N) is 2. The molecule has 14 aromatic rings. The van der Waals surface area contributed by atoms with Crippen molar-refractivity contribution < 1.29 is 0 Å². The molecule has 0 amide bonds. The summed E-state index contributed by atoms with van der Waals surface area (Å²) >= 11 is 0. The van der Waals surface area contributed by atoms with Crippen LogP contribution in [0.3, 0.4) is 0 Å². The van der Waals surface area contributed by atoms with Crippen molar-refractivity contribution in [1.29, 1.82) is 0 Å². The molecule has 14 aromatic carbocycles. The summed E-state index contributed by atoms with van der Waals surface area (Å²) < 4.78 is 0. The van der Waals surface area contributed by atoms with Crippen LogP contribution in [0.15, 0.2) is 362 Å². The van der Waals surface area contributed by atoms with Gasteiger partial charge in [0.05, 0.1) is 11.1 Å². The Labute approximate surface area is 538 Å². The Morgan fingerprint density at radius 1 is 0.228 bits per heavy atom. The van der Waals surface area contributed by atoms with E-state index in [2.05, 4.69) is 353 Å². The molecule has 0 bridgehead atoms. The minimum atomic E-state index is -0.496. The van der Waals surface area contributed by atoms with Crippen LogP contribution in [0.4, 0.5) is 0 Å². The van der Waals surface area contributed by atoms with E-state index >= 15 is 0 Å². The van der Waals surface area contributed by atoms with Crippen molar-refractivity contribution in [2.24, 2.45) is 9.98 Å². The van der Waals surface area contributed by atoms with Gasteiger partial charge < -0.3 is 0 Å². The average Bonchev–Trinajstić information content (AvgIpc) is 1.51. The monoisotopic (exact) mass is 1170 g/mol. The summed E-state index contributed by atoms with van der Waals surface area (Å²) in [6.45, 7) is 6.90. The van der Waals surface area contributed by atoms with E-state index in [1.807, 2.05) is 0 Å². The van der Waals surface area contributed by atoms with E-state index in [0.29, 0.717) is 11.5 Å². The Hall–Kier alpha value is -11.8. The fraction of sp³-hybridized carbons (Fsp3) is 0.0222. The van der Waals surface area contributed by atoms with E-state index in [1.165, 1.54) is 66.8 Å². The van der Waals surface area contributed by atoms with Gasteiger partial charge in [0.25, 0.3) is 0 Å². The van der Waals surface area contributed by atoms with Gasteiger partial charge in [0, 0.05) is 16.8 Å². The number of amidine groups is 1. The third-order valence-corrected chi connectivity index (χ3v) is 18.6. The van der Waals surface area contributed by atoms with Crippen molar-refractivity contribution in [3.05, 3.63) is 391 Å². The maximum atomic E-state index is 5.67. The van der Waals surface area contributed by atoms with E-state index in [-0.39, 0.29) is 0 Å². The van der Waals surface area contributed by atoms with Gasteiger partial charge in [-0.25, -0.2) is 9.98 Å². The van der Waals surface area contributed by atoms with Crippen molar-refractivity contribution in [3.8, 4) is 111 Å². The molecule has 0 fully saturated rings. The van der Waals surface area contributed by atoms with Crippen molar-refractivity contribution >= 4 is 17.2 Å². The Morgan fingerprint density at radius 2 is 0.522 bits per heavy atom. The van der Waals surface area contributed by atoms with Crippen LogP contribution in [0.1, 0.15) is 45.9 Å². The molecule has 2 aliphatic carbocycles. The van der Waals surface area contributed by atoms with E-state index in [9.17, 15) is 0 Å². The summed E-state index contributed by atoms with van der Waals surface area (Å²) in [4.78, 5) is 11.2. The standard InChI is InChI=1S/C90H62N2/c1-60(66-33-21-36-70(49-66)77-53-75(64-29-11-5-12-30-64)54-78(57-77)71-37-22-34-68(50-71)62-25-7-3-8-26-62)91-89(92-61(2)67-47-48-84-83-43-17-20-46-87(83)90(88(84)59-67)85-44-18-15-41-81(85)82-42-16-19-45-86(82)90)74-40-24-39-73(52-74)80-56-76(65-31-13-6-14-32-65)55-79(58-80)72-38-23-35-69(51-72)63-27-9-4-10-28-63/h3-59H,1H2,2H3/b91-89-,92-61+. The molecule has 16 rings (SSSR count). The van der Waals surface area contributed by atoms with Crippen molar-refractivity contribution in [2.75, 3.05) is 0 Å². The highest BCUT2D eigenvalue weighted by atomic mass is 14.9. The molecule has 1 spiro atoms. The smallest absolute Gasteiger partial charge is 0.160 e. The minimum absolute atomic E-state index is 0.496. The lowest BCUT2D eigenvalue weighted by molar-refractivity contribution is 0.793. The SMILES string of the molecule is C=C(/N=C(\N=C(/C)c1ccc2c(c1)C1(c3ccccc3-c3ccccc31)c1ccccc1-2)c1cccc(-c2cc(-c3ccccc3)cc(-c3cccc(-c4ccccc4)c3)c2)c1)c1cccc(-c2cc(-c3ccccc3)cc(-c3cccc(-c4ccccc4)c3)c2)c1. The van der Waals surface area contributed by atoms with Crippen LogP contribution in [0, 0.1) is 0 Å². The van der Waals surface area contributed by atoms with E-state index in [0.717, 1.165) is 89.2 Å². The first-order chi connectivity index (χ1) is 45.4. The number of hydrogen-bond acceptors (Lipinski definition) is 1. The van der Waals surface area contributed by atoms with Gasteiger partial charge in [-0.3, -0.25) is 0 Å². The van der Waals surface area contributed by atoms with E-state index < -0.39 is 5.41 Å². The molecule has 2 nitrogen and oxygen atoms in total. The summed E-state index contributed by atoms with van der Waals surface area (Å²) in [5, 5.41) is 0. The maximum Gasteiger partial charge on any atom is 0.160 e. The van der Waals surface area contributed by atoms with Crippen LogP contribution in [0.5, 0.6) is 0 Å². The summed E-state index contributed by atoms with van der Waals surface area (Å²) in [6, 6.07) is 125. The lowest BCUT2D eigenvalue weighted by Crippen LogP contribution is -2.26. The molecular formula is C90H62N2. The molecule has 0 radical (unpaired) electrons. The Balaban J connectivity index is 0.836. The molecular weight excluding hydrogens is 1110 g/mol. The molecule has 0 aromatic heterocycles. The lowest BCUT2D eigenvalue weighted by Gasteiger charge is -2.30. The summed E-state index contributed by atoms with van der Waals surface area (Å²) in [7, 11) is 0. The Morgan fingerprint density at radius 3 is 0.946 bits per heavy atom. The number of rotatable bonds is 12. The van der Waals surface area contributed by atoms with Gasteiger partial charge in [0.1, 0.15) is 0 Å². The first-order valence-electron chi connectivity index (χ1n) is 31.6. The van der Waals surface area contributed by atoms with Crippen LogP contribution in [-0.4, -0.2) is 11.5 Å². The zero-order valence-corrected chi connectivity index (χ0v) is 51.0. The summed E-state index contributed by atoms with van der Waals surface area (Å²) in [6.07, 6.45) is 0. The third-order valence-electron chi connectivity index (χ3n) is 18.6. The van der Waals surface area contributed by atoms with Crippen LogP contribution in [0.2, 0.25) is 0 Å². The van der Waals surface area contributed by atoms with Gasteiger partial charge in [-0.15, -0.1) is 0 Å². The first-order valence-corrected chi connectivity index (χ1v) is 31.6. The molecule has 0 saturated carbocycles. The Bertz CT molecular complexity index is 5160. The first kappa shape index (κ1) is 55.5. The second-order valence-electron chi connectivity index (χ2n) is 24.1. The van der Waals surface area contributed by atoms with Gasteiger partial charge in [0.2, 0.25) is 0 Å². The van der Waals surface area contributed by atoms with Gasteiger partial charge in [-0.2, -0.15) is 0 Å². The van der Waals surface area contributed by atoms with E-state index in [4.69, 9.17) is 16.6 Å². The van der Waals surface area contributed by atoms with Crippen molar-refractivity contribution in [1.82, 2.24) is 0 Å². The number of fused-ring (bicyclic) bond motifs is 10. The van der Waals surface area contributed by atoms with Crippen LogP contribution >= 0.6 is 0 Å². The van der Waals surface area contributed by atoms with Gasteiger partial charge >= 0.3 is 0 Å². The molecule has 0 unspecified atom stereocenters. The molecule has 432 valence electrons. The van der Waals surface area contributed by atoms with Crippen molar-refractivity contribution in [2.45, 2.75) is 12.3 Å². The van der Waals surface area contributed by atoms with Gasteiger partial charge in [0.15, 0.2) is 5.84 Å². The largest absolute Gasteiger partial charge is 0.233 e. The second-order valence-corrected chi connectivity index (χ2v) is 24.1. The number of benzene rings is 14. The topological polar surface area (TPSA) is 24.7 Å². The van der Waals surface area contributed by atoms with Crippen LogP contribution in [0.25, 0.3) is 117 Å². The van der Waals surface area contributed by atoms with Crippen LogP contribution < -0.4 is 0 Å². The van der Waals surface area contributed by atoms with Gasteiger partial charge in [-0.05, 0) is 213 Å². The van der Waals surface area contributed by atoms with Crippen molar-refractivity contribution in [3.63, 3.8) is 0 Å². The predicted molar refractivity (Wildman–Crippen MR) is 387 cm³/mol. The maximum absolute atomic E-state index is 5.67. The summed E-state index contributed by atoms with van der Waals surface area (Å²) in [5.41, 5.74) is 32.1. The zero-order chi connectivity index (χ0) is 61.5. The molecule has 0 N–H and O–H groups in total. The highest BCUT2D eigenvalue weighted by Crippen LogP contribution is 2.63. The second kappa shape index (κ2) is 23.6. The number of aliphatic imine (C=N–C) groups is 2. The highest BCUT2D eigenvalue weighted by molar-refractivity contribution is 6.14. The zero-order valence-electron chi connectivity index (χ0n) is 51.0. The molecule has 2 aliphatic rings. The molecule has 0 saturated heterocycles. The quantitative estimate of drug-likeness (QED) is 0.0860. The fourth-order valence-electron chi connectivity index (χ4n) is 14.1. The minimum Gasteiger partial charge on any atom is -0.233 e. The lowest BCUT2D eigenvalue weighted by atomic mass is 9.70. The molecule has 92 heavy (non-hydrogen) atoms. The predicted octanol–water partition coefficient (Wildman–Crippen LogP) is 23.3. The van der Waals surface area contributed by atoms with Crippen LogP contribution in [-0.2, 0) is 5.41 Å². The van der Waals surface area contributed by atoms with E-state index in [1.54, 1.807) is 0 Å². The fourth-order valence-corrected chi connectivity index (χ4v) is 14.1. The highest BCUT2D eigenvalue weighted by Gasteiger charge is 2.51. The Kier molecular flexibility index (Phi) is 14.2. The number of hydrogen-bond donors (Lipinski definition) is 0. The molecule has 0 heterocycles. The third kappa shape index (κ3) is 10.1. The molecule has 0 aliphatic heterocycles. The molecule has 2 heteroatoms. The average molecular weight is 1170 g/mol. The summed E-state index contributed by atoms with van der Waals surface area (Å²) in [5.74, 6) is 0.566. The molecule has 0 atom stereocenters.